The normalized spacial score (nSPS) is 31.7. The van der Waals surface area contributed by atoms with Crippen molar-refractivity contribution < 1.29 is 9.53 Å². The van der Waals surface area contributed by atoms with E-state index in [4.69, 9.17) is 4.43 Å². The molecule has 0 spiro atoms. The van der Waals surface area contributed by atoms with Crippen LogP contribution in [0.15, 0.2) is 60.7 Å². The van der Waals surface area contributed by atoms with E-state index in [-0.39, 0.29) is 28.1 Å². The van der Waals surface area contributed by atoms with Gasteiger partial charge in [0.25, 0.3) is 8.32 Å². The van der Waals surface area contributed by atoms with Crippen LogP contribution < -0.4 is 15.7 Å². The van der Waals surface area contributed by atoms with E-state index in [1.165, 1.54) is 23.2 Å². The average molecular weight is 524 g/mol. The van der Waals surface area contributed by atoms with Crippen LogP contribution in [0.5, 0.6) is 0 Å². The molecule has 2 aromatic rings. The van der Waals surface area contributed by atoms with E-state index < -0.39 is 8.32 Å². The van der Waals surface area contributed by atoms with Crippen molar-refractivity contribution in [1.29, 1.82) is 0 Å². The van der Waals surface area contributed by atoms with E-state index >= 15 is 0 Å². The number of aliphatic hydroxyl groups excluding tert-OH is 1. The van der Waals surface area contributed by atoms with Gasteiger partial charge in [0.2, 0.25) is 0 Å². The Labute approximate surface area is 223 Å². The van der Waals surface area contributed by atoms with Gasteiger partial charge in [-0.1, -0.05) is 95.3 Å². The van der Waals surface area contributed by atoms with Gasteiger partial charge in [-0.25, -0.2) is 0 Å². The predicted molar refractivity (Wildman–Crippen MR) is 156 cm³/mol. The first kappa shape index (κ1) is 26.5. The van der Waals surface area contributed by atoms with Crippen LogP contribution in [0.1, 0.15) is 60.3 Å². The van der Waals surface area contributed by atoms with Gasteiger partial charge in [-0.05, 0) is 52.4 Å². The van der Waals surface area contributed by atoms with E-state index in [0.29, 0.717) is 12.0 Å². The van der Waals surface area contributed by atoms with Crippen LogP contribution in [0.3, 0.4) is 0 Å². The summed E-state index contributed by atoms with van der Waals surface area (Å²) in [5.74, 6) is 2.87. The Morgan fingerprint density at radius 3 is 2.11 bits per heavy atom. The molecule has 36 heavy (non-hydrogen) atoms. The molecule has 3 nitrogen and oxygen atoms in total. The number of aliphatic hydroxyl groups is 1. The topological polar surface area (TPSA) is 41.5 Å². The van der Waals surface area contributed by atoms with E-state index in [2.05, 4.69) is 112 Å². The Bertz CT molecular complexity index is 984. The zero-order valence-corrected chi connectivity index (χ0v) is 24.6. The minimum Gasteiger partial charge on any atom is -0.403 e. The highest BCUT2D eigenvalue weighted by Gasteiger charge is 2.63. The lowest BCUT2D eigenvalue weighted by Gasteiger charge is -2.44. The van der Waals surface area contributed by atoms with Crippen molar-refractivity contribution in [3.05, 3.63) is 60.7 Å². The summed E-state index contributed by atoms with van der Waals surface area (Å²) in [6, 6.07) is 22.4. The van der Waals surface area contributed by atoms with Crippen molar-refractivity contribution in [2.75, 3.05) is 18.1 Å². The van der Waals surface area contributed by atoms with Crippen molar-refractivity contribution in [3.63, 3.8) is 0 Å². The van der Waals surface area contributed by atoms with Gasteiger partial charge in [-0.2, -0.15) is 11.8 Å². The molecule has 2 aromatic carbocycles. The maximum atomic E-state index is 10.9. The molecule has 0 radical (unpaired) electrons. The second kappa shape index (κ2) is 9.89. The standard InChI is InChI=1S/C31H45NO2SSi/c1-29(2,3)36(26-12-8-6-9-13-26,27-14-10-7-11-15-27)34-25-19-24(32-20-25)21-35-22-31-17-16-23(18-28(31)33)30(31,4)5/h6-15,23-25,28,32-33H,16-22H2,1-5H3/t23-,24+,25-,28-,31-/m1/s1. The first-order chi connectivity index (χ1) is 17.1. The van der Waals surface area contributed by atoms with Crippen molar-refractivity contribution in [3.8, 4) is 0 Å². The van der Waals surface area contributed by atoms with Crippen LogP contribution in [0.25, 0.3) is 0 Å². The minimum absolute atomic E-state index is 0.00487. The first-order valence-electron chi connectivity index (χ1n) is 13.9. The molecule has 1 heterocycles. The van der Waals surface area contributed by atoms with Crippen LogP contribution >= 0.6 is 11.8 Å². The molecule has 3 fully saturated rings. The van der Waals surface area contributed by atoms with Gasteiger partial charge < -0.3 is 14.8 Å². The number of hydrogen-bond acceptors (Lipinski definition) is 4. The average Bonchev–Trinajstić information content (AvgIpc) is 3.45. The lowest BCUT2D eigenvalue weighted by atomic mass is 9.70. The molecule has 0 unspecified atom stereocenters. The van der Waals surface area contributed by atoms with Gasteiger partial charge in [-0.3, -0.25) is 0 Å². The molecule has 196 valence electrons. The van der Waals surface area contributed by atoms with Crippen LogP contribution in [-0.2, 0) is 4.43 Å². The van der Waals surface area contributed by atoms with Gasteiger partial charge in [0.15, 0.2) is 0 Å². The third kappa shape index (κ3) is 4.33. The maximum Gasteiger partial charge on any atom is 0.261 e. The zero-order chi connectivity index (χ0) is 25.6. The molecule has 1 saturated heterocycles. The molecule has 5 heteroatoms. The number of benzene rings is 2. The molecule has 5 atom stereocenters. The SMILES string of the molecule is CC1(C)[C@@H]2CC[C@@]1(CSC[C@@H]1C[C@@H](O[Si](c3ccccc3)(c3ccccc3)C(C)(C)C)CN1)[C@H](O)C2. The molecular weight excluding hydrogens is 478 g/mol. The molecule has 1 aliphatic heterocycles. The van der Waals surface area contributed by atoms with Gasteiger partial charge in [-0.15, -0.1) is 0 Å². The molecule has 0 amide bonds. The fraction of sp³-hybridized carbons (Fsp3) is 0.613. The number of nitrogens with one attached hydrogen (secondary N) is 1. The van der Waals surface area contributed by atoms with Crippen LogP contribution in [0.2, 0.25) is 5.04 Å². The number of fused-ring (bicyclic) bond motifs is 2. The summed E-state index contributed by atoms with van der Waals surface area (Å²) in [4.78, 5) is 0. The summed E-state index contributed by atoms with van der Waals surface area (Å²) >= 11 is 2.06. The molecule has 2 N–H and O–H groups in total. The van der Waals surface area contributed by atoms with E-state index in [0.717, 1.165) is 30.9 Å². The van der Waals surface area contributed by atoms with Crippen molar-refractivity contribution in [2.24, 2.45) is 16.7 Å². The monoisotopic (exact) mass is 523 g/mol. The molecule has 0 aromatic heterocycles. The lowest BCUT2D eigenvalue weighted by Crippen LogP contribution is -2.67. The summed E-state index contributed by atoms with van der Waals surface area (Å²) in [5, 5.41) is 17.4. The fourth-order valence-corrected chi connectivity index (χ4v) is 14.1. The molecule has 3 aliphatic rings. The number of rotatable bonds is 8. The summed E-state index contributed by atoms with van der Waals surface area (Å²) in [6.45, 7) is 12.8. The second-order valence-electron chi connectivity index (χ2n) is 13.1. The van der Waals surface area contributed by atoms with Gasteiger partial charge >= 0.3 is 0 Å². The van der Waals surface area contributed by atoms with Gasteiger partial charge in [0.05, 0.1) is 12.2 Å². The van der Waals surface area contributed by atoms with E-state index in [1.54, 1.807) is 0 Å². The highest BCUT2D eigenvalue weighted by molar-refractivity contribution is 7.99. The molecule has 2 saturated carbocycles. The fourth-order valence-electron chi connectivity index (χ4n) is 7.70. The zero-order valence-electron chi connectivity index (χ0n) is 22.8. The highest BCUT2D eigenvalue weighted by atomic mass is 32.2. The van der Waals surface area contributed by atoms with Crippen LogP contribution in [-0.4, -0.2) is 49.7 Å². The highest BCUT2D eigenvalue weighted by Crippen LogP contribution is 2.66. The van der Waals surface area contributed by atoms with Crippen LogP contribution in [0, 0.1) is 16.7 Å². The smallest absolute Gasteiger partial charge is 0.261 e. The summed E-state index contributed by atoms with van der Waals surface area (Å²) in [7, 11) is -2.52. The van der Waals surface area contributed by atoms with Crippen molar-refractivity contribution >= 4 is 30.5 Å². The van der Waals surface area contributed by atoms with Gasteiger partial charge in [0.1, 0.15) is 0 Å². The third-order valence-electron chi connectivity index (χ3n) is 10.0. The Balaban J connectivity index is 1.29. The quantitative estimate of drug-likeness (QED) is 0.466. The summed E-state index contributed by atoms with van der Waals surface area (Å²) < 4.78 is 7.37. The van der Waals surface area contributed by atoms with E-state index in [9.17, 15) is 5.11 Å². The summed E-state index contributed by atoms with van der Waals surface area (Å²) in [6.07, 6.45) is 4.63. The molecular formula is C31H45NO2SSi. The maximum absolute atomic E-state index is 10.9. The first-order valence-corrected chi connectivity index (χ1v) is 16.9. The van der Waals surface area contributed by atoms with Gasteiger partial charge in [0, 0.05) is 29.5 Å². The number of hydrogen-bond donors (Lipinski definition) is 2. The Hall–Kier alpha value is -1.11. The van der Waals surface area contributed by atoms with Crippen molar-refractivity contribution in [1.82, 2.24) is 5.32 Å². The molecule has 2 aliphatic carbocycles. The molecule has 5 rings (SSSR count). The predicted octanol–water partition coefficient (Wildman–Crippen LogP) is 5.21. The summed E-state index contributed by atoms with van der Waals surface area (Å²) in [5.41, 5.74) is 0.364. The largest absolute Gasteiger partial charge is 0.403 e. The third-order valence-corrected chi connectivity index (χ3v) is 16.5. The van der Waals surface area contributed by atoms with Crippen LogP contribution in [0.4, 0.5) is 0 Å². The lowest BCUT2D eigenvalue weighted by molar-refractivity contribution is 0.0168. The Morgan fingerprint density at radius 2 is 1.61 bits per heavy atom. The van der Waals surface area contributed by atoms with E-state index in [1.807, 2.05) is 0 Å². The minimum atomic E-state index is -2.52. The Morgan fingerprint density at radius 1 is 1.00 bits per heavy atom. The number of thioether (sulfide) groups is 1. The van der Waals surface area contributed by atoms with Crippen molar-refractivity contribution in [2.45, 2.75) is 83.6 Å². The molecule has 2 bridgehead atoms. The Kier molecular flexibility index (Phi) is 7.28. The second-order valence-corrected chi connectivity index (χ2v) is 18.4.